The van der Waals surface area contributed by atoms with Gasteiger partial charge in [0.15, 0.2) is 0 Å². The lowest BCUT2D eigenvalue weighted by molar-refractivity contribution is -0.121. The number of hydrogen-bond donors (Lipinski definition) is 1. The number of ether oxygens (including phenoxy) is 1. The van der Waals surface area contributed by atoms with Crippen LogP contribution in [0.15, 0.2) is 66.7 Å². The Morgan fingerprint density at radius 1 is 0.912 bits per heavy atom. The van der Waals surface area contributed by atoms with E-state index in [9.17, 15) is 14.0 Å². The first-order valence-corrected chi connectivity index (χ1v) is 11.5. The molecule has 0 heterocycles. The van der Waals surface area contributed by atoms with Gasteiger partial charge in [-0.25, -0.2) is 4.39 Å². The molecule has 34 heavy (non-hydrogen) atoms. The van der Waals surface area contributed by atoms with E-state index in [1.807, 2.05) is 32.0 Å². The number of benzene rings is 3. The summed E-state index contributed by atoms with van der Waals surface area (Å²) in [5.41, 5.74) is 1.93. The van der Waals surface area contributed by atoms with Crippen molar-refractivity contribution in [2.24, 2.45) is 0 Å². The zero-order valence-electron chi connectivity index (χ0n) is 19.7. The Labute approximate surface area is 199 Å². The van der Waals surface area contributed by atoms with Gasteiger partial charge in [-0.3, -0.25) is 14.5 Å². The van der Waals surface area contributed by atoms with Gasteiger partial charge < -0.3 is 10.1 Å². The molecule has 1 aliphatic rings. The van der Waals surface area contributed by atoms with Crippen LogP contribution in [-0.2, 0) is 4.79 Å². The second-order valence-corrected chi connectivity index (χ2v) is 8.78. The summed E-state index contributed by atoms with van der Waals surface area (Å²) in [5.74, 6) is -0.790. The summed E-state index contributed by atoms with van der Waals surface area (Å²) >= 11 is 0. The number of nitrogens with zero attached hydrogens (tertiary/aromatic N) is 1. The molecular formula is C28H29FN2O3. The average Bonchev–Trinajstić information content (AvgIpc) is 3.33. The summed E-state index contributed by atoms with van der Waals surface area (Å²) in [4.78, 5) is 29.3. The standard InChI is InChI=1S/C28H29FN2O3/c1-19-9-8-10-20(2)25(19)30-27(33)28(17-6-7-18-28)31(21-13-15-22(34-3)16-14-21)26(32)23-11-4-5-12-24(23)29/h4-5,8-16H,6-7,17-18H2,1-3H3,(H,30,33). The molecule has 0 radical (unpaired) electrons. The summed E-state index contributed by atoms with van der Waals surface area (Å²) in [5, 5.41) is 3.10. The molecule has 0 bridgehead atoms. The minimum absolute atomic E-state index is 0.0653. The normalized spacial score (nSPS) is 14.5. The minimum atomic E-state index is -1.15. The fourth-order valence-corrected chi connectivity index (χ4v) is 4.80. The molecule has 0 spiro atoms. The number of carbonyl (C=O) groups is 2. The molecule has 0 unspecified atom stereocenters. The highest BCUT2D eigenvalue weighted by atomic mass is 19.1. The highest BCUT2D eigenvalue weighted by molar-refractivity contribution is 6.14. The maximum absolute atomic E-state index is 14.7. The second kappa shape index (κ2) is 9.67. The molecule has 5 nitrogen and oxygen atoms in total. The molecule has 2 amide bonds. The highest BCUT2D eigenvalue weighted by Crippen LogP contribution is 2.41. The third kappa shape index (κ3) is 4.28. The predicted octanol–water partition coefficient (Wildman–Crippen LogP) is 6.05. The lowest BCUT2D eigenvalue weighted by atomic mass is 9.91. The van der Waals surface area contributed by atoms with Gasteiger partial charge in [-0.2, -0.15) is 0 Å². The molecule has 4 rings (SSSR count). The van der Waals surface area contributed by atoms with Crippen molar-refractivity contribution in [3.05, 3.63) is 89.2 Å². The molecule has 176 valence electrons. The van der Waals surface area contributed by atoms with Crippen LogP contribution in [0.2, 0.25) is 0 Å². The van der Waals surface area contributed by atoms with Crippen molar-refractivity contribution < 1.29 is 18.7 Å². The van der Waals surface area contributed by atoms with Gasteiger partial charge in [-0.15, -0.1) is 0 Å². The van der Waals surface area contributed by atoms with E-state index in [1.54, 1.807) is 43.5 Å². The van der Waals surface area contributed by atoms with Crippen LogP contribution in [0.5, 0.6) is 5.75 Å². The summed E-state index contributed by atoms with van der Waals surface area (Å²) < 4.78 is 20.0. The van der Waals surface area contributed by atoms with E-state index in [0.717, 1.165) is 29.7 Å². The minimum Gasteiger partial charge on any atom is -0.497 e. The zero-order chi connectivity index (χ0) is 24.3. The van der Waals surface area contributed by atoms with E-state index in [4.69, 9.17) is 4.74 Å². The Hall–Kier alpha value is -3.67. The number of amides is 2. The van der Waals surface area contributed by atoms with E-state index in [1.165, 1.54) is 17.0 Å². The summed E-state index contributed by atoms with van der Waals surface area (Å²) in [6.07, 6.45) is 2.54. The second-order valence-electron chi connectivity index (χ2n) is 8.78. The van der Waals surface area contributed by atoms with Gasteiger partial charge in [0.05, 0.1) is 12.7 Å². The number of rotatable bonds is 6. The van der Waals surface area contributed by atoms with Crippen LogP contribution in [0.1, 0.15) is 47.2 Å². The van der Waals surface area contributed by atoms with Crippen molar-refractivity contribution in [1.29, 1.82) is 0 Å². The van der Waals surface area contributed by atoms with Crippen LogP contribution in [-0.4, -0.2) is 24.5 Å². The van der Waals surface area contributed by atoms with E-state index >= 15 is 0 Å². The third-order valence-electron chi connectivity index (χ3n) is 6.64. The number of nitrogens with one attached hydrogen (secondary N) is 1. The lowest BCUT2D eigenvalue weighted by Crippen LogP contribution is -2.58. The molecular weight excluding hydrogens is 431 g/mol. The molecule has 0 saturated heterocycles. The Morgan fingerprint density at radius 2 is 1.53 bits per heavy atom. The number of hydrogen-bond acceptors (Lipinski definition) is 3. The Balaban J connectivity index is 1.83. The molecule has 1 saturated carbocycles. The largest absolute Gasteiger partial charge is 0.497 e. The maximum atomic E-state index is 14.7. The number of aryl methyl sites for hydroxylation is 2. The van der Waals surface area contributed by atoms with Gasteiger partial charge in [-0.1, -0.05) is 43.2 Å². The molecule has 1 fully saturated rings. The molecule has 3 aromatic rings. The smallest absolute Gasteiger partial charge is 0.262 e. The molecule has 0 atom stereocenters. The van der Waals surface area contributed by atoms with Gasteiger partial charge in [0.25, 0.3) is 11.8 Å². The number of carbonyl (C=O) groups excluding carboxylic acids is 2. The van der Waals surface area contributed by atoms with Gasteiger partial charge in [0.2, 0.25) is 0 Å². The molecule has 1 aliphatic carbocycles. The topological polar surface area (TPSA) is 58.6 Å². The Bertz CT molecular complexity index is 1180. The summed E-state index contributed by atoms with van der Waals surface area (Å²) in [6.45, 7) is 3.88. The van der Waals surface area contributed by atoms with Crippen LogP contribution in [0.4, 0.5) is 15.8 Å². The third-order valence-corrected chi connectivity index (χ3v) is 6.64. The fraction of sp³-hybridized carbons (Fsp3) is 0.286. The molecule has 0 aromatic heterocycles. The molecule has 6 heteroatoms. The monoisotopic (exact) mass is 460 g/mol. The SMILES string of the molecule is COc1ccc(N(C(=O)c2ccccc2F)C2(C(=O)Nc3c(C)cccc3C)CCCC2)cc1. The Kier molecular flexibility index (Phi) is 6.68. The summed E-state index contributed by atoms with van der Waals surface area (Å²) in [7, 11) is 1.56. The molecule has 0 aliphatic heterocycles. The highest BCUT2D eigenvalue weighted by Gasteiger charge is 2.49. The van der Waals surface area contributed by atoms with Crippen LogP contribution in [0.3, 0.4) is 0 Å². The van der Waals surface area contributed by atoms with E-state index in [0.29, 0.717) is 24.3 Å². The van der Waals surface area contributed by atoms with E-state index < -0.39 is 17.3 Å². The number of halogens is 1. The molecule has 1 N–H and O–H groups in total. The predicted molar refractivity (Wildman–Crippen MR) is 132 cm³/mol. The molecule has 3 aromatic carbocycles. The van der Waals surface area contributed by atoms with Gasteiger partial charge in [0.1, 0.15) is 17.1 Å². The van der Waals surface area contributed by atoms with Crippen molar-refractivity contribution in [3.63, 3.8) is 0 Å². The van der Waals surface area contributed by atoms with Crippen molar-refractivity contribution in [2.45, 2.75) is 45.1 Å². The van der Waals surface area contributed by atoms with Gasteiger partial charge >= 0.3 is 0 Å². The van der Waals surface area contributed by atoms with E-state index in [2.05, 4.69) is 5.32 Å². The van der Waals surface area contributed by atoms with Gasteiger partial charge in [-0.05, 0) is 74.2 Å². The average molecular weight is 461 g/mol. The fourth-order valence-electron chi connectivity index (χ4n) is 4.80. The van der Waals surface area contributed by atoms with Crippen LogP contribution in [0.25, 0.3) is 0 Å². The van der Waals surface area contributed by atoms with Crippen molar-refractivity contribution >= 4 is 23.2 Å². The first-order chi connectivity index (χ1) is 16.4. The van der Waals surface area contributed by atoms with Crippen LogP contribution >= 0.6 is 0 Å². The number of anilines is 2. The van der Waals surface area contributed by atoms with Crippen molar-refractivity contribution in [3.8, 4) is 5.75 Å². The summed E-state index contributed by atoms with van der Waals surface area (Å²) in [6, 6.07) is 18.7. The zero-order valence-corrected chi connectivity index (χ0v) is 19.7. The van der Waals surface area contributed by atoms with Crippen molar-refractivity contribution in [2.75, 3.05) is 17.3 Å². The van der Waals surface area contributed by atoms with Crippen LogP contribution < -0.4 is 15.0 Å². The number of para-hydroxylation sites is 1. The van der Waals surface area contributed by atoms with Crippen molar-refractivity contribution in [1.82, 2.24) is 0 Å². The first kappa shape index (κ1) is 23.5. The van der Waals surface area contributed by atoms with Gasteiger partial charge in [0, 0.05) is 11.4 Å². The number of methoxy groups -OCH3 is 1. The quantitative estimate of drug-likeness (QED) is 0.487. The maximum Gasteiger partial charge on any atom is 0.262 e. The van der Waals surface area contributed by atoms with E-state index in [-0.39, 0.29) is 11.5 Å². The first-order valence-electron chi connectivity index (χ1n) is 11.5. The van der Waals surface area contributed by atoms with Crippen LogP contribution in [0, 0.1) is 19.7 Å². The lowest BCUT2D eigenvalue weighted by Gasteiger charge is -2.40. The Morgan fingerprint density at radius 3 is 2.12 bits per heavy atom.